The number of nitrogens with zero attached hydrogens (tertiary/aromatic N) is 4. The Labute approximate surface area is 208 Å². The number of aromatic nitrogens is 4. The van der Waals surface area contributed by atoms with E-state index in [0.29, 0.717) is 37.8 Å². The monoisotopic (exact) mass is 481 g/mol. The van der Waals surface area contributed by atoms with Gasteiger partial charge in [0.2, 0.25) is 0 Å². The second-order valence-electron chi connectivity index (χ2n) is 9.08. The van der Waals surface area contributed by atoms with Crippen molar-refractivity contribution in [1.82, 2.24) is 24.9 Å². The Hall–Kier alpha value is -4.38. The van der Waals surface area contributed by atoms with Gasteiger partial charge in [-0.15, -0.1) is 5.92 Å². The second kappa shape index (κ2) is 10.1. The molecule has 2 heterocycles. The number of carboxylic acids is 1. The highest BCUT2D eigenvalue weighted by Gasteiger charge is 2.27. The third kappa shape index (κ3) is 4.73. The first kappa shape index (κ1) is 23.4. The zero-order valence-corrected chi connectivity index (χ0v) is 20.0. The number of benzene rings is 2. The topological polar surface area (TPSA) is 102 Å². The highest BCUT2D eigenvalue weighted by molar-refractivity contribution is 6.07. The molecular weight excluding hydrogens is 454 g/mol. The second-order valence-corrected chi connectivity index (χ2v) is 9.08. The fourth-order valence-corrected chi connectivity index (χ4v) is 4.85. The zero-order chi connectivity index (χ0) is 25.1. The molecule has 2 N–H and O–H groups in total. The van der Waals surface area contributed by atoms with Crippen molar-refractivity contribution in [2.45, 2.75) is 45.2 Å². The summed E-state index contributed by atoms with van der Waals surface area (Å²) in [4.78, 5) is 24.6. The average molecular weight is 482 g/mol. The maximum Gasteiger partial charge on any atom is 0.306 e. The van der Waals surface area contributed by atoms with Crippen molar-refractivity contribution in [3.8, 4) is 17.5 Å². The molecule has 2 aromatic heterocycles. The fraction of sp³-hybridized carbons (Fsp3) is 0.286. The van der Waals surface area contributed by atoms with Crippen LogP contribution in [0.1, 0.15) is 54.1 Å². The standard InChI is InChI=1S/C28H27N5O3/c1-2-4-20-9-14-24(27(34)31-22-10-7-21(8-11-22)28(35)36)26-25(20)17-30-33(26)18-19-5-12-23(13-6-19)32-16-3-15-29-32/h3,5-6,9,12-17,21-22H,7-8,10-11,18H2,1H3,(H,31,34)(H,35,36). The van der Waals surface area contributed by atoms with Crippen molar-refractivity contribution in [2.24, 2.45) is 5.92 Å². The van der Waals surface area contributed by atoms with Gasteiger partial charge in [-0.3, -0.25) is 14.3 Å². The maximum atomic E-state index is 13.4. The third-order valence-corrected chi connectivity index (χ3v) is 6.75. The number of aliphatic carboxylic acids is 1. The van der Waals surface area contributed by atoms with Gasteiger partial charge in [-0.2, -0.15) is 10.2 Å². The first-order valence-electron chi connectivity index (χ1n) is 12.1. The van der Waals surface area contributed by atoms with Gasteiger partial charge in [0.15, 0.2) is 0 Å². The van der Waals surface area contributed by atoms with E-state index in [1.807, 2.05) is 47.3 Å². The molecule has 0 bridgehead atoms. The van der Waals surface area contributed by atoms with Crippen LogP contribution in [0.3, 0.4) is 0 Å². The number of carbonyl (C=O) groups excluding carboxylic acids is 1. The largest absolute Gasteiger partial charge is 0.481 e. The Balaban J connectivity index is 1.42. The Bertz CT molecular complexity index is 1450. The molecule has 182 valence electrons. The van der Waals surface area contributed by atoms with E-state index in [0.717, 1.165) is 27.7 Å². The molecule has 0 unspecified atom stereocenters. The molecule has 1 aliphatic carbocycles. The quantitative estimate of drug-likeness (QED) is 0.405. The van der Waals surface area contributed by atoms with Gasteiger partial charge in [-0.1, -0.05) is 18.1 Å². The van der Waals surface area contributed by atoms with Crippen LogP contribution in [0.2, 0.25) is 0 Å². The van der Waals surface area contributed by atoms with E-state index in [2.05, 4.69) is 27.4 Å². The first-order valence-corrected chi connectivity index (χ1v) is 12.1. The number of amides is 1. The normalized spacial score (nSPS) is 17.4. The minimum atomic E-state index is -0.754. The molecule has 8 heteroatoms. The lowest BCUT2D eigenvalue weighted by Gasteiger charge is -2.27. The van der Waals surface area contributed by atoms with E-state index in [1.165, 1.54) is 0 Å². The van der Waals surface area contributed by atoms with Crippen LogP contribution in [-0.4, -0.2) is 42.6 Å². The summed E-state index contributed by atoms with van der Waals surface area (Å²) in [6.45, 7) is 2.28. The van der Waals surface area contributed by atoms with Gasteiger partial charge in [0.05, 0.1) is 35.4 Å². The molecule has 8 nitrogen and oxygen atoms in total. The fourth-order valence-electron chi connectivity index (χ4n) is 4.85. The minimum Gasteiger partial charge on any atom is -0.481 e. The van der Waals surface area contributed by atoms with Gasteiger partial charge >= 0.3 is 5.97 Å². The predicted octanol–water partition coefficient (Wildman–Crippen LogP) is 4.01. The summed E-state index contributed by atoms with van der Waals surface area (Å²) in [7, 11) is 0. The highest BCUT2D eigenvalue weighted by atomic mass is 16.4. The molecule has 0 aliphatic heterocycles. The van der Waals surface area contributed by atoms with Crippen LogP contribution >= 0.6 is 0 Å². The van der Waals surface area contributed by atoms with Crippen LogP contribution in [0.15, 0.2) is 61.1 Å². The smallest absolute Gasteiger partial charge is 0.306 e. The van der Waals surface area contributed by atoms with E-state index in [-0.39, 0.29) is 17.9 Å². The zero-order valence-electron chi connectivity index (χ0n) is 20.0. The van der Waals surface area contributed by atoms with Crippen molar-refractivity contribution >= 4 is 22.8 Å². The van der Waals surface area contributed by atoms with Gasteiger partial charge < -0.3 is 10.4 Å². The molecular formula is C28H27N5O3. The van der Waals surface area contributed by atoms with E-state index < -0.39 is 5.97 Å². The summed E-state index contributed by atoms with van der Waals surface area (Å²) in [5.74, 6) is 4.80. The summed E-state index contributed by atoms with van der Waals surface area (Å²) in [5.41, 5.74) is 4.11. The van der Waals surface area contributed by atoms with Crippen LogP contribution in [0.25, 0.3) is 16.6 Å². The number of carboxylic acid groups (broad SMARTS) is 1. The molecule has 4 aromatic rings. The number of hydrogen-bond acceptors (Lipinski definition) is 4. The number of carbonyl (C=O) groups is 2. The maximum absolute atomic E-state index is 13.4. The van der Waals surface area contributed by atoms with Crippen molar-refractivity contribution in [3.05, 3.63) is 77.7 Å². The SMILES string of the molecule is CC#Cc1ccc(C(=O)NC2CCC(C(=O)O)CC2)c2c1cnn2Cc1ccc(-n2cccn2)cc1. The first-order chi connectivity index (χ1) is 17.5. The molecule has 5 rings (SSSR count). The van der Waals surface area contributed by atoms with Crippen LogP contribution in [-0.2, 0) is 11.3 Å². The summed E-state index contributed by atoms with van der Waals surface area (Å²) < 4.78 is 3.64. The lowest BCUT2D eigenvalue weighted by atomic mass is 9.86. The minimum absolute atomic E-state index is 0.0375. The molecule has 1 saturated carbocycles. The summed E-state index contributed by atoms with van der Waals surface area (Å²) in [6.07, 6.45) is 7.87. The van der Waals surface area contributed by atoms with Crippen LogP contribution < -0.4 is 5.32 Å². The lowest BCUT2D eigenvalue weighted by Crippen LogP contribution is -2.38. The van der Waals surface area contributed by atoms with Gasteiger partial charge in [0.25, 0.3) is 5.91 Å². The average Bonchev–Trinajstić information content (AvgIpc) is 3.57. The Morgan fingerprint density at radius 2 is 1.86 bits per heavy atom. The van der Waals surface area contributed by atoms with E-state index in [1.54, 1.807) is 30.1 Å². The van der Waals surface area contributed by atoms with Crippen molar-refractivity contribution < 1.29 is 14.7 Å². The van der Waals surface area contributed by atoms with Crippen molar-refractivity contribution in [3.63, 3.8) is 0 Å². The predicted molar refractivity (Wildman–Crippen MR) is 136 cm³/mol. The molecule has 0 saturated heterocycles. The summed E-state index contributed by atoms with van der Waals surface area (Å²) in [5, 5.41) is 22.1. The number of nitrogens with one attached hydrogen (secondary N) is 1. The number of hydrogen-bond donors (Lipinski definition) is 2. The van der Waals surface area contributed by atoms with Crippen LogP contribution in [0.4, 0.5) is 0 Å². The molecule has 0 radical (unpaired) electrons. The van der Waals surface area contributed by atoms with Crippen LogP contribution in [0, 0.1) is 17.8 Å². The van der Waals surface area contributed by atoms with Crippen LogP contribution in [0.5, 0.6) is 0 Å². The molecule has 36 heavy (non-hydrogen) atoms. The molecule has 0 atom stereocenters. The molecule has 1 fully saturated rings. The van der Waals surface area contributed by atoms with E-state index in [4.69, 9.17) is 0 Å². The number of rotatable bonds is 6. The molecule has 2 aromatic carbocycles. The Morgan fingerprint density at radius 1 is 1.08 bits per heavy atom. The summed E-state index contributed by atoms with van der Waals surface area (Å²) in [6, 6.07) is 13.6. The Kier molecular flexibility index (Phi) is 6.54. The third-order valence-electron chi connectivity index (χ3n) is 6.75. The lowest BCUT2D eigenvalue weighted by molar-refractivity contribution is -0.142. The van der Waals surface area contributed by atoms with Gasteiger partial charge in [0.1, 0.15) is 0 Å². The molecule has 1 aliphatic rings. The molecule has 0 spiro atoms. The van der Waals surface area contributed by atoms with Gasteiger partial charge in [-0.25, -0.2) is 4.68 Å². The highest BCUT2D eigenvalue weighted by Crippen LogP contribution is 2.27. The molecule has 1 amide bonds. The van der Waals surface area contributed by atoms with E-state index >= 15 is 0 Å². The number of fused-ring (bicyclic) bond motifs is 1. The van der Waals surface area contributed by atoms with E-state index in [9.17, 15) is 14.7 Å². The van der Waals surface area contributed by atoms with Crippen molar-refractivity contribution in [2.75, 3.05) is 0 Å². The summed E-state index contributed by atoms with van der Waals surface area (Å²) >= 11 is 0. The van der Waals surface area contributed by atoms with Gasteiger partial charge in [-0.05, 0) is 68.5 Å². The Morgan fingerprint density at radius 3 is 2.53 bits per heavy atom. The van der Waals surface area contributed by atoms with Gasteiger partial charge in [0, 0.05) is 29.4 Å². The van der Waals surface area contributed by atoms with Crippen molar-refractivity contribution in [1.29, 1.82) is 0 Å².